The summed E-state index contributed by atoms with van der Waals surface area (Å²) in [5.41, 5.74) is 2.63. The Bertz CT molecular complexity index is 1070. The first-order chi connectivity index (χ1) is 14.2. The minimum absolute atomic E-state index is 0.0104. The van der Waals surface area contributed by atoms with Crippen LogP contribution in [0, 0.1) is 0 Å². The number of ether oxygens (including phenoxy) is 2. The van der Waals surface area contributed by atoms with Crippen molar-refractivity contribution in [2.75, 3.05) is 31.3 Å². The molecule has 0 aliphatic heterocycles. The number of methoxy groups -OCH3 is 2. The van der Waals surface area contributed by atoms with Gasteiger partial charge in [0.15, 0.2) is 0 Å². The SMILES string of the molecule is COc1ccc(N(CC(=O)N/N=C\c2ccccc2C(=O)O)S(C)(=O)=O)c(OC)c1. The van der Waals surface area contributed by atoms with Crippen LogP contribution >= 0.6 is 0 Å². The summed E-state index contributed by atoms with van der Waals surface area (Å²) in [6.45, 7) is -0.570. The molecule has 0 radical (unpaired) electrons. The Morgan fingerprint density at radius 3 is 2.47 bits per heavy atom. The van der Waals surface area contributed by atoms with E-state index in [1.165, 1.54) is 50.8 Å². The lowest BCUT2D eigenvalue weighted by Crippen LogP contribution is -2.39. The van der Waals surface area contributed by atoms with Gasteiger partial charge < -0.3 is 14.6 Å². The fourth-order valence-electron chi connectivity index (χ4n) is 2.52. The maximum Gasteiger partial charge on any atom is 0.336 e. The zero-order valence-corrected chi connectivity index (χ0v) is 17.3. The van der Waals surface area contributed by atoms with Gasteiger partial charge in [-0.05, 0) is 18.2 Å². The molecule has 2 aromatic rings. The quantitative estimate of drug-likeness (QED) is 0.448. The second-order valence-electron chi connectivity index (χ2n) is 5.99. The van der Waals surface area contributed by atoms with Crippen LogP contribution in [0.15, 0.2) is 47.6 Å². The fraction of sp³-hybridized carbons (Fsp3) is 0.211. The van der Waals surface area contributed by atoms with Crippen molar-refractivity contribution in [3.63, 3.8) is 0 Å². The predicted molar refractivity (Wildman–Crippen MR) is 111 cm³/mol. The number of amides is 1. The molecule has 0 saturated heterocycles. The Labute approximate surface area is 173 Å². The van der Waals surface area contributed by atoms with Crippen molar-refractivity contribution >= 4 is 33.8 Å². The molecule has 10 nitrogen and oxygen atoms in total. The van der Waals surface area contributed by atoms with Gasteiger partial charge >= 0.3 is 5.97 Å². The molecule has 0 fully saturated rings. The summed E-state index contributed by atoms with van der Waals surface area (Å²) >= 11 is 0. The molecule has 0 aliphatic carbocycles. The molecule has 0 spiro atoms. The molecule has 2 rings (SSSR count). The highest BCUT2D eigenvalue weighted by Gasteiger charge is 2.24. The number of carbonyl (C=O) groups is 2. The zero-order chi connectivity index (χ0) is 22.3. The zero-order valence-electron chi connectivity index (χ0n) is 16.5. The molecule has 2 N–H and O–H groups in total. The molecule has 160 valence electrons. The number of benzene rings is 2. The van der Waals surface area contributed by atoms with Gasteiger partial charge in [0.2, 0.25) is 10.0 Å². The molecule has 11 heteroatoms. The van der Waals surface area contributed by atoms with Gasteiger partial charge in [0, 0.05) is 11.6 Å². The number of rotatable bonds is 9. The maximum atomic E-state index is 12.3. The second kappa shape index (κ2) is 9.74. The molecule has 0 aliphatic rings. The lowest BCUT2D eigenvalue weighted by atomic mass is 10.1. The first-order valence-electron chi connectivity index (χ1n) is 8.51. The van der Waals surface area contributed by atoms with E-state index in [1.54, 1.807) is 12.1 Å². The van der Waals surface area contributed by atoms with Crippen molar-refractivity contribution in [2.45, 2.75) is 0 Å². The summed E-state index contributed by atoms with van der Waals surface area (Å²) in [5, 5.41) is 12.9. The topological polar surface area (TPSA) is 135 Å². The number of hydrogen-bond acceptors (Lipinski definition) is 7. The Balaban J connectivity index is 2.21. The van der Waals surface area contributed by atoms with Gasteiger partial charge in [0.05, 0.1) is 37.9 Å². The maximum absolute atomic E-state index is 12.3. The number of nitrogens with zero attached hydrogens (tertiary/aromatic N) is 2. The molecular weight excluding hydrogens is 414 g/mol. The van der Waals surface area contributed by atoms with Crippen molar-refractivity contribution in [3.05, 3.63) is 53.6 Å². The molecule has 2 aromatic carbocycles. The molecule has 0 bridgehead atoms. The van der Waals surface area contributed by atoms with Gasteiger partial charge in [0.1, 0.15) is 18.0 Å². The van der Waals surface area contributed by atoms with E-state index >= 15 is 0 Å². The lowest BCUT2D eigenvalue weighted by molar-refractivity contribution is -0.119. The van der Waals surface area contributed by atoms with Crippen LogP contribution in [-0.2, 0) is 14.8 Å². The average molecular weight is 435 g/mol. The number of carboxylic acid groups (broad SMARTS) is 1. The highest BCUT2D eigenvalue weighted by Crippen LogP contribution is 2.33. The van der Waals surface area contributed by atoms with Gasteiger partial charge in [0.25, 0.3) is 5.91 Å². The van der Waals surface area contributed by atoms with Gasteiger partial charge in [-0.25, -0.2) is 18.6 Å². The van der Waals surface area contributed by atoms with Gasteiger partial charge in [-0.3, -0.25) is 9.10 Å². The molecular formula is C19H21N3O7S. The van der Waals surface area contributed by atoms with E-state index < -0.39 is 28.4 Å². The lowest BCUT2D eigenvalue weighted by Gasteiger charge is -2.23. The van der Waals surface area contributed by atoms with Crippen LogP contribution in [0.3, 0.4) is 0 Å². The minimum atomic E-state index is -3.84. The summed E-state index contributed by atoms with van der Waals surface area (Å²) in [6.07, 6.45) is 2.12. The molecule has 0 unspecified atom stereocenters. The van der Waals surface area contributed by atoms with E-state index in [1.807, 2.05) is 0 Å². The molecule has 0 saturated carbocycles. The molecule has 0 aromatic heterocycles. The summed E-state index contributed by atoms with van der Waals surface area (Å²) in [4.78, 5) is 23.5. The van der Waals surface area contributed by atoms with Gasteiger partial charge in [-0.1, -0.05) is 18.2 Å². The van der Waals surface area contributed by atoms with Crippen LogP contribution < -0.4 is 19.2 Å². The van der Waals surface area contributed by atoms with Crippen molar-refractivity contribution in [2.24, 2.45) is 5.10 Å². The van der Waals surface area contributed by atoms with E-state index in [4.69, 9.17) is 14.6 Å². The predicted octanol–water partition coefficient (Wildman–Crippen LogP) is 1.32. The second-order valence-corrected chi connectivity index (χ2v) is 7.90. The number of aromatic carboxylic acids is 1. The third kappa shape index (κ3) is 5.70. The normalized spacial score (nSPS) is 11.2. The number of carboxylic acids is 1. The third-order valence-electron chi connectivity index (χ3n) is 3.93. The largest absolute Gasteiger partial charge is 0.497 e. The Hall–Kier alpha value is -3.60. The monoisotopic (exact) mass is 435 g/mol. The Kier molecular flexibility index (Phi) is 7.37. The van der Waals surface area contributed by atoms with Crippen LogP contribution in [-0.4, -0.2) is 58.6 Å². The van der Waals surface area contributed by atoms with Crippen LogP contribution in [0.2, 0.25) is 0 Å². The summed E-state index contributed by atoms with van der Waals surface area (Å²) in [6, 6.07) is 10.6. The fourth-order valence-corrected chi connectivity index (χ4v) is 3.38. The van der Waals surface area contributed by atoms with Crippen molar-refractivity contribution in [1.29, 1.82) is 0 Å². The number of hydrogen-bond donors (Lipinski definition) is 2. The Morgan fingerprint density at radius 1 is 1.17 bits per heavy atom. The third-order valence-corrected chi connectivity index (χ3v) is 5.05. The van der Waals surface area contributed by atoms with E-state index in [-0.39, 0.29) is 22.6 Å². The molecule has 30 heavy (non-hydrogen) atoms. The van der Waals surface area contributed by atoms with E-state index in [2.05, 4.69) is 10.5 Å². The minimum Gasteiger partial charge on any atom is -0.497 e. The summed E-state index contributed by atoms with van der Waals surface area (Å²) in [5.74, 6) is -1.22. The van der Waals surface area contributed by atoms with E-state index in [0.717, 1.165) is 10.6 Å². The Morgan fingerprint density at radius 2 is 1.87 bits per heavy atom. The van der Waals surface area contributed by atoms with Crippen molar-refractivity contribution in [1.82, 2.24) is 5.43 Å². The summed E-state index contributed by atoms with van der Waals surface area (Å²) < 4.78 is 35.7. The number of carbonyl (C=O) groups excluding carboxylic acids is 1. The highest BCUT2D eigenvalue weighted by atomic mass is 32.2. The van der Waals surface area contributed by atoms with Gasteiger partial charge in [-0.15, -0.1) is 0 Å². The number of anilines is 1. The standard InChI is InChI=1S/C19H21N3O7S/c1-28-14-8-9-16(17(10-14)29-2)22(30(3,26)27)12-18(23)21-20-11-13-6-4-5-7-15(13)19(24)25/h4-11H,12H2,1-3H3,(H,21,23)(H,24,25)/b20-11-. The molecule has 0 atom stereocenters. The smallest absolute Gasteiger partial charge is 0.336 e. The highest BCUT2D eigenvalue weighted by molar-refractivity contribution is 7.92. The van der Waals surface area contributed by atoms with Crippen LogP contribution in [0.25, 0.3) is 0 Å². The van der Waals surface area contributed by atoms with E-state index in [9.17, 15) is 18.0 Å². The van der Waals surface area contributed by atoms with Crippen LogP contribution in [0.1, 0.15) is 15.9 Å². The first kappa shape index (κ1) is 22.7. The first-order valence-corrected chi connectivity index (χ1v) is 10.4. The van der Waals surface area contributed by atoms with Crippen LogP contribution in [0.4, 0.5) is 5.69 Å². The number of nitrogens with one attached hydrogen (secondary N) is 1. The molecule has 1 amide bonds. The summed E-state index contributed by atoms with van der Waals surface area (Å²) in [7, 11) is -1.02. The number of hydrazone groups is 1. The van der Waals surface area contributed by atoms with Crippen LogP contribution in [0.5, 0.6) is 11.5 Å². The van der Waals surface area contributed by atoms with Crippen molar-refractivity contribution < 1.29 is 32.6 Å². The van der Waals surface area contributed by atoms with E-state index in [0.29, 0.717) is 5.75 Å². The molecule has 0 heterocycles. The van der Waals surface area contributed by atoms with Crippen molar-refractivity contribution in [3.8, 4) is 11.5 Å². The van der Waals surface area contributed by atoms with Gasteiger partial charge in [-0.2, -0.15) is 5.10 Å². The average Bonchev–Trinajstić information content (AvgIpc) is 2.71. The number of sulfonamides is 1.